The second kappa shape index (κ2) is 8.02. The minimum Gasteiger partial charge on any atom is -0.342 e. The summed E-state index contributed by atoms with van der Waals surface area (Å²) in [6.07, 6.45) is 12.5. The van der Waals surface area contributed by atoms with Gasteiger partial charge < -0.3 is 10.2 Å². The molecule has 0 unspecified atom stereocenters. The maximum Gasteiger partial charge on any atom is 0.223 e. The molecule has 1 amide bonds. The molecule has 1 N–H and O–H groups in total. The number of nitrogens with one attached hydrogen (secondary N) is 1. The first-order chi connectivity index (χ1) is 9.76. The standard InChI is InChI=1S/C17H32N2O/c1-2-3-4-5-6-7-8-13-19-15-17(14-16(19)20)9-11-18-12-10-17/h18H,2-15H2,1H3. The molecule has 0 atom stereocenters. The largest absolute Gasteiger partial charge is 0.342 e. The van der Waals surface area contributed by atoms with Gasteiger partial charge in [0.15, 0.2) is 0 Å². The zero-order valence-electron chi connectivity index (χ0n) is 13.3. The van der Waals surface area contributed by atoms with Gasteiger partial charge in [0, 0.05) is 19.5 Å². The number of likely N-dealkylation sites (tertiary alicyclic amines) is 1. The minimum atomic E-state index is 0.323. The summed E-state index contributed by atoms with van der Waals surface area (Å²) in [5, 5.41) is 3.41. The zero-order chi connectivity index (χ0) is 14.3. The molecule has 2 aliphatic heterocycles. The number of piperidine rings is 1. The minimum absolute atomic E-state index is 0.323. The Morgan fingerprint density at radius 2 is 1.70 bits per heavy atom. The number of hydrogen-bond donors (Lipinski definition) is 1. The van der Waals surface area contributed by atoms with Crippen molar-refractivity contribution in [3.8, 4) is 0 Å². The second-order valence-electron chi connectivity index (χ2n) is 6.86. The Kier molecular flexibility index (Phi) is 6.34. The topological polar surface area (TPSA) is 32.3 Å². The van der Waals surface area contributed by atoms with Crippen LogP contribution in [-0.4, -0.2) is 37.0 Å². The number of carbonyl (C=O) groups is 1. The number of carbonyl (C=O) groups excluding carboxylic acids is 1. The zero-order valence-corrected chi connectivity index (χ0v) is 13.3. The molecular weight excluding hydrogens is 248 g/mol. The van der Waals surface area contributed by atoms with Crippen LogP contribution in [0.25, 0.3) is 0 Å². The van der Waals surface area contributed by atoms with Gasteiger partial charge in [0.2, 0.25) is 5.91 Å². The van der Waals surface area contributed by atoms with Crippen LogP contribution in [0.2, 0.25) is 0 Å². The van der Waals surface area contributed by atoms with E-state index in [9.17, 15) is 4.79 Å². The highest BCUT2D eigenvalue weighted by Crippen LogP contribution is 2.39. The van der Waals surface area contributed by atoms with Crippen molar-refractivity contribution in [1.82, 2.24) is 10.2 Å². The van der Waals surface area contributed by atoms with Crippen LogP contribution < -0.4 is 5.32 Å². The van der Waals surface area contributed by atoms with Crippen molar-refractivity contribution in [2.24, 2.45) is 5.41 Å². The highest BCUT2D eigenvalue weighted by atomic mass is 16.2. The molecule has 0 radical (unpaired) electrons. The third-order valence-corrected chi connectivity index (χ3v) is 5.10. The third-order valence-electron chi connectivity index (χ3n) is 5.10. The first-order valence-corrected chi connectivity index (χ1v) is 8.74. The lowest BCUT2D eigenvalue weighted by Gasteiger charge is -2.33. The summed E-state index contributed by atoms with van der Waals surface area (Å²) >= 11 is 0. The molecule has 2 saturated heterocycles. The van der Waals surface area contributed by atoms with E-state index in [1.807, 2.05) is 0 Å². The van der Waals surface area contributed by atoms with E-state index in [1.165, 1.54) is 57.8 Å². The van der Waals surface area contributed by atoms with Gasteiger partial charge in [-0.2, -0.15) is 0 Å². The highest BCUT2D eigenvalue weighted by molar-refractivity contribution is 5.79. The van der Waals surface area contributed by atoms with Crippen molar-refractivity contribution in [2.45, 2.75) is 71.1 Å². The average Bonchev–Trinajstić information content (AvgIpc) is 2.74. The van der Waals surface area contributed by atoms with E-state index in [0.717, 1.165) is 32.6 Å². The smallest absolute Gasteiger partial charge is 0.223 e. The Morgan fingerprint density at radius 3 is 2.40 bits per heavy atom. The van der Waals surface area contributed by atoms with Crippen LogP contribution in [0, 0.1) is 5.41 Å². The molecule has 3 nitrogen and oxygen atoms in total. The lowest BCUT2D eigenvalue weighted by atomic mass is 9.78. The summed E-state index contributed by atoms with van der Waals surface area (Å²) in [5.74, 6) is 0.415. The van der Waals surface area contributed by atoms with Crippen molar-refractivity contribution in [3.05, 3.63) is 0 Å². The molecule has 2 rings (SSSR count). The summed E-state index contributed by atoms with van der Waals surface area (Å²) in [6, 6.07) is 0. The highest BCUT2D eigenvalue weighted by Gasteiger charge is 2.43. The first kappa shape index (κ1) is 15.8. The van der Waals surface area contributed by atoms with Crippen LogP contribution >= 0.6 is 0 Å². The number of unbranched alkanes of at least 4 members (excludes halogenated alkanes) is 6. The predicted octanol–water partition coefficient (Wildman–Crippen LogP) is 3.34. The molecule has 1 spiro atoms. The van der Waals surface area contributed by atoms with Crippen LogP contribution in [0.5, 0.6) is 0 Å². The summed E-state index contributed by atoms with van der Waals surface area (Å²) in [4.78, 5) is 14.3. The molecule has 0 aliphatic carbocycles. The fourth-order valence-corrected chi connectivity index (χ4v) is 3.74. The van der Waals surface area contributed by atoms with E-state index in [2.05, 4.69) is 17.1 Å². The van der Waals surface area contributed by atoms with Crippen LogP contribution in [-0.2, 0) is 4.79 Å². The summed E-state index contributed by atoms with van der Waals surface area (Å²) in [7, 11) is 0. The SMILES string of the molecule is CCCCCCCCCN1CC2(CCNCC2)CC1=O. The molecule has 116 valence electrons. The Labute approximate surface area is 124 Å². The van der Waals surface area contributed by atoms with Gasteiger partial charge >= 0.3 is 0 Å². The fraction of sp³-hybridized carbons (Fsp3) is 0.941. The van der Waals surface area contributed by atoms with Crippen LogP contribution in [0.15, 0.2) is 0 Å². The van der Waals surface area contributed by atoms with Crippen molar-refractivity contribution >= 4 is 5.91 Å². The van der Waals surface area contributed by atoms with Crippen molar-refractivity contribution in [2.75, 3.05) is 26.2 Å². The Hall–Kier alpha value is -0.570. The Balaban J connectivity index is 1.60. The van der Waals surface area contributed by atoms with E-state index in [1.54, 1.807) is 0 Å². The average molecular weight is 280 g/mol. The Bertz CT molecular complexity index is 297. The molecular formula is C17H32N2O. The van der Waals surface area contributed by atoms with Crippen LogP contribution in [0.4, 0.5) is 0 Å². The second-order valence-corrected chi connectivity index (χ2v) is 6.86. The van der Waals surface area contributed by atoms with E-state index in [0.29, 0.717) is 11.3 Å². The predicted molar refractivity (Wildman–Crippen MR) is 83.7 cm³/mol. The molecule has 0 saturated carbocycles. The monoisotopic (exact) mass is 280 g/mol. The summed E-state index contributed by atoms with van der Waals surface area (Å²) in [6.45, 7) is 6.48. The summed E-state index contributed by atoms with van der Waals surface area (Å²) < 4.78 is 0. The fourth-order valence-electron chi connectivity index (χ4n) is 3.74. The number of amides is 1. The first-order valence-electron chi connectivity index (χ1n) is 8.74. The van der Waals surface area contributed by atoms with E-state index < -0.39 is 0 Å². The van der Waals surface area contributed by atoms with Gasteiger partial charge in [-0.25, -0.2) is 0 Å². The van der Waals surface area contributed by atoms with E-state index >= 15 is 0 Å². The van der Waals surface area contributed by atoms with E-state index in [4.69, 9.17) is 0 Å². The number of rotatable bonds is 8. The molecule has 20 heavy (non-hydrogen) atoms. The van der Waals surface area contributed by atoms with Crippen molar-refractivity contribution in [3.63, 3.8) is 0 Å². The molecule has 0 bridgehead atoms. The molecule has 2 aliphatic rings. The van der Waals surface area contributed by atoms with Gasteiger partial charge in [-0.05, 0) is 37.8 Å². The molecule has 0 aromatic heterocycles. The van der Waals surface area contributed by atoms with Crippen molar-refractivity contribution in [1.29, 1.82) is 0 Å². The molecule has 0 aromatic carbocycles. The maximum atomic E-state index is 12.2. The van der Waals surface area contributed by atoms with Crippen LogP contribution in [0.3, 0.4) is 0 Å². The number of nitrogens with zero attached hydrogens (tertiary/aromatic N) is 1. The van der Waals surface area contributed by atoms with Crippen molar-refractivity contribution < 1.29 is 4.79 Å². The van der Waals surface area contributed by atoms with Gasteiger partial charge in [0.05, 0.1) is 0 Å². The lowest BCUT2D eigenvalue weighted by Crippen LogP contribution is -2.38. The van der Waals surface area contributed by atoms with Gasteiger partial charge in [0.1, 0.15) is 0 Å². The Morgan fingerprint density at radius 1 is 1.05 bits per heavy atom. The molecule has 3 heteroatoms. The lowest BCUT2D eigenvalue weighted by molar-refractivity contribution is -0.127. The molecule has 0 aromatic rings. The molecule has 2 heterocycles. The van der Waals surface area contributed by atoms with Gasteiger partial charge in [-0.15, -0.1) is 0 Å². The van der Waals surface area contributed by atoms with E-state index in [-0.39, 0.29) is 0 Å². The normalized spacial score (nSPS) is 21.9. The number of hydrogen-bond acceptors (Lipinski definition) is 2. The maximum absolute atomic E-state index is 12.2. The van der Waals surface area contributed by atoms with Gasteiger partial charge in [-0.3, -0.25) is 4.79 Å². The molecule has 2 fully saturated rings. The quantitative estimate of drug-likeness (QED) is 0.692. The summed E-state index contributed by atoms with van der Waals surface area (Å²) in [5.41, 5.74) is 0.323. The third kappa shape index (κ3) is 4.47. The van der Waals surface area contributed by atoms with Gasteiger partial charge in [-0.1, -0.05) is 45.4 Å². The van der Waals surface area contributed by atoms with Gasteiger partial charge in [0.25, 0.3) is 0 Å². The van der Waals surface area contributed by atoms with Crippen LogP contribution in [0.1, 0.15) is 71.1 Å².